The number of carbonyl (C=O) groups is 2. The van der Waals surface area contributed by atoms with Crippen LogP contribution >= 0.6 is 11.6 Å². The van der Waals surface area contributed by atoms with E-state index in [4.69, 9.17) is 39.2 Å². The van der Waals surface area contributed by atoms with Gasteiger partial charge in [0.05, 0.1) is 31.0 Å². The minimum absolute atomic E-state index is 0.0952. The van der Waals surface area contributed by atoms with Crippen molar-refractivity contribution in [2.75, 3.05) is 13.2 Å². The van der Waals surface area contributed by atoms with Gasteiger partial charge in [0.1, 0.15) is 11.6 Å². The molecule has 19 heteroatoms. The summed E-state index contributed by atoms with van der Waals surface area (Å²) >= 11 is 5.89. The number of alkyl halides is 4. The van der Waals surface area contributed by atoms with E-state index in [0.29, 0.717) is 63.5 Å². The molecule has 4 aromatic heterocycles. The maximum Gasteiger partial charge on any atom is 0.312 e. The highest BCUT2D eigenvalue weighted by Crippen LogP contribution is 2.52. The summed E-state index contributed by atoms with van der Waals surface area (Å²) in [5, 5.41) is 26.2. The Kier molecular flexibility index (Phi) is 19.0. The lowest BCUT2D eigenvalue weighted by Crippen LogP contribution is -2.30. The number of Topliss-reactive ketones (excluding diaryl/α,β-unsaturated/α-hetero) is 1. The predicted molar refractivity (Wildman–Crippen MR) is 288 cm³/mol. The second-order valence-corrected chi connectivity index (χ2v) is 23.4. The highest BCUT2D eigenvalue weighted by atomic mass is 35.5. The summed E-state index contributed by atoms with van der Waals surface area (Å²) in [6.45, 7) is 10.5. The lowest BCUT2D eigenvalue weighted by atomic mass is 9.86. The van der Waals surface area contributed by atoms with Crippen molar-refractivity contribution in [2.45, 2.75) is 161 Å². The quantitative estimate of drug-likeness (QED) is 0.0401. The Labute approximate surface area is 466 Å². The molecule has 0 amide bonds. The molecule has 0 spiro atoms. The number of ether oxygens (including phenoxy) is 2. The molecule has 0 aliphatic heterocycles. The van der Waals surface area contributed by atoms with Crippen LogP contribution in [0.2, 0.25) is 5.02 Å². The minimum Gasteiger partial charge on any atom is -0.481 e. The number of ketones is 1. The second-order valence-electron chi connectivity index (χ2n) is 23.0. The molecule has 2 aliphatic rings. The van der Waals surface area contributed by atoms with Gasteiger partial charge in [0.2, 0.25) is 11.5 Å². The third kappa shape index (κ3) is 14.9. The number of benzene rings is 3. The Bertz CT molecular complexity index is 3150. The van der Waals surface area contributed by atoms with Crippen molar-refractivity contribution in [3.63, 3.8) is 0 Å². The molecule has 80 heavy (non-hydrogen) atoms. The predicted octanol–water partition coefficient (Wildman–Crippen LogP) is 16.3. The van der Waals surface area contributed by atoms with Crippen LogP contribution in [0.5, 0.6) is 0 Å². The molecule has 7 aromatic rings. The van der Waals surface area contributed by atoms with E-state index in [2.05, 4.69) is 20.6 Å². The number of carboxylic acids is 1. The molecule has 1 N–H and O–H groups in total. The van der Waals surface area contributed by atoms with Crippen LogP contribution in [0.15, 0.2) is 109 Å². The smallest absolute Gasteiger partial charge is 0.312 e. The third-order valence-electron chi connectivity index (χ3n) is 14.4. The van der Waals surface area contributed by atoms with E-state index >= 15 is 8.78 Å². The standard InChI is InChI=1S/C34H36ClF3N2O4.C27H32F2N2O5/c1-33(2,3)34(37,38)29-19-28(39-43-29)32-30(22-11-12-22)31(40-44-32)24(10-7-15-42-20-21-8-5-4-6-9-21)17-26(41)16-23-13-14-25(35)18-27(23)36;1-26(2,3)27(28,29)21-15-20(30-35-21)25-23(18-11-12-18)24(31-36-25)19(14-22(32)33)10-7-13-34-16-17-8-5-4-6-9-17/h4-6,8-9,13-14,18-19,22,24H,7,10-12,15-17,20H2,1-3H3;4-6,8-9,15,18-19H,7,10-14,16H2,1-3H3,(H,32,33)/t24-;19-/m00/s1. The van der Waals surface area contributed by atoms with Gasteiger partial charge >= 0.3 is 17.8 Å². The minimum atomic E-state index is -3.26. The van der Waals surface area contributed by atoms with Crippen LogP contribution in [0.25, 0.3) is 22.9 Å². The second kappa shape index (κ2) is 25.5. The van der Waals surface area contributed by atoms with Gasteiger partial charge in [-0.05, 0) is 92.0 Å². The van der Waals surface area contributed by atoms with E-state index < -0.39 is 51.9 Å². The Hall–Kier alpha value is -6.50. The van der Waals surface area contributed by atoms with E-state index in [1.165, 1.54) is 65.8 Å². The van der Waals surface area contributed by atoms with E-state index in [0.717, 1.165) is 47.9 Å². The topological polar surface area (TPSA) is 177 Å². The van der Waals surface area contributed by atoms with Crippen molar-refractivity contribution in [3.8, 4) is 22.9 Å². The Balaban J connectivity index is 0.000000215. The maximum atomic E-state index is 15.0. The molecule has 428 valence electrons. The Morgan fingerprint density at radius 1 is 0.625 bits per heavy atom. The van der Waals surface area contributed by atoms with Gasteiger partial charge < -0.3 is 32.7 Å². The highest BCUT2D eigenvalue weighted by molar-refractivity contribution is 6.30. The van der Waals surface area contributed by atoms with E-state index in [1.54, 1.807) is 6.07 Å². The van der Waals surface area contributed by atoms with Crippen LogP contribution in [0.1, 0.15) is 180 Å². The fourth-order valence-electron chi connectivity index (χ4n) is 9.41. The first-order valence-electron chi connectivity index (χ1n) is 27.1. The average Bonchev–Trinajstić information content (AvgIpc) is 4.25. The number of rotatable bonds is 26. The monoisotopic (exact) mass is 1130 g/mol. The van der Waals surface area contributed by atoms with E-state index in [-0.39, 0.29) is 76.3 Å². The molecule has 2 saturated carbocycles. The molecule has 0 bridgehead atoms. The van der Waals surface area contributed by atoms with Gasteiger partial charge in [-0.15, -0.1) is 0 Å². The fourth-order valence-corrected chi connectivity index (χ4v) is 9.57. The first kappa shape index (κ1) is 59.6. The molecule has 4 heterocycles. The number of halogens is 6. The SMILES string of the molecule is CC(C)(C)C(F)(F)c1cc(-c2onc([C@@H](CCCOCc3ccccc3)CC(=O)Cc3ccc(Cl)cc3F)c2C2CC2)no1.CC(C)(C)C(F)(F)c1cc(-c2onc([C@@H](CCCOCc3ccccc3)CC(=O)O)c2C2CC2)no1. The number of aliphatic carboxylic acids is 1. The summed E-state index contributed by atoms with van der Waals surface area (Å²) in [5.74, 6) is -9.16. The maximum absolute atomic E-state index is 15.0. The zero-order chi connectivity index (χ0) is 57.4. The lowest BCUT2D eigenvalue weighted by molar-refractivity contribution is -0.137. The number of aromatic nitrogens is 4. The van der Waals surface area contributed by atoms with Gasteiger partial charge in [-0.2, -0.15) is 17.6 Å². The van der Waals surface area contributed by atoms with Gasteiger partial charge in [-0.1, -0.05) is 141 Å². The molecular weight excluding hydrogens is 1060 g/mol. The first-order chi connectivity index (χ1) is 38.0. The number of hydrogen-bond donors (Lipinski definition) is 1. The van der Waals surface area contributed by atoms with Crippen molar-refractivity contribution in [2.24, 2.45) is 10.8 Å². The van der Waals surface area contributed by atoms with Crippen LogP contribution in [0.3, 0.4) is 0 Å². The highest BCUT2D eigenvalue weighted by Gasteiger charge is 2.50. The summed E-state index contributed by atoms with van der Waals surface area (Å²) in [4.78, 5) is 24.9. The molecule has 0 saturated heterocycles. The average molecular weight is 1130 g/mol. The van der Waals surface area contributed by atoms with Crippen molar-refractivity contribution in [1.82, 2.24) is 20.6 Å². The molecule has 2 fully saturated rings. The molecule has 0 unspecified atom stereocenters. The molecule has 9 rings (SSSR count). The molecule has 0 radical (unpaired) electrons. The number of nitrogens with zero attached hydrogens (tertiary/aromatic N) is 4. The van der Waals surface area contributed by atoms with Crippen LogP contribution < -0.4 is 0 Å². The normalized spacial score (nSPS) is 14.9. The summed E-state index contributed by atoms with van der Waals surface area (Å²) < 4.78 is 107. The van der Waals surface area contributed by atoms with Gasteiger partial charge in [0.15, 0.2) is 22.9 Å². The Morgan fingerprint density at radius 2 is 1.06 bits per heavy atom. The number of carbonyl (C=O) groups excluding carboxylic acids is 1. The van der Waals surface area contributed by atoms with Gasteiger partial charge in [-0.3, -0.25) is 9.59 Å². The summed E-state index contributed by atoms with van der Waals surface area (Å²) in [5.41, 5.74) is 2.63. The summed E-state index contributed by atoms with van der Waals surface area (Å²) in [7, 11) is 0. The van der Waals surface area contributed by atoms with E-state index in [9.17, 15) is 27.9 Å². The zero-order valence-electron chi connectivity index (χ0n) is 45.8. The van der Waals surface area contributed by atoms with Crippen LogP contribution in [0.4, 0.5) is 22.0 Å². The largest absolute Gasteiger partial charge is 0.481 e. The van der Waals surface area contributed by atoms with Crippen LogP contribution in [-0.2, 0) is 50.5 Å². The number of hydrogen-bond acceptors (Lipinski definition) is 12. The molecule has 2 aliphatic carbocycles. The van der Waals surface area contributed by atoms with Crippen molar-refractivity contribution in [1.29, 1.82) is 0 Å². The van der Waals surface area contributed by atoms with Crippen molar-refractivity contribution >= 4 is 23.4 Å². The van der Waals surface area contributed by atoms with Crippen LogP contribution in [-0.4, -0.2) is 50.7 Å². The summed E-state index contributed by atoms with van der Waals surface area (Å²) in [6, 6.07) is 26.3. The summed E-state index contributed by atoms with van der Waals surface area (Å²) in [6.07, 6.45) is 5.80. The zero-order valence-corrected chi connectivity index (χ0v) is 46.6. The lowest BCUT2D eigenvalue weighted by Gasteiger charge is -2.27. The van der Waals surface area contributed by atoms with Crippen molar-refractivity contribution in [3.05, 3.63) is 153 Å². The van der Waals surface area contributed by atoms with Crippen LogP contribution in [0, 0.1) is 16.6 Å². The van der Waals surface area contributed by atoms with Crippen molar-refractivity contribution < 1.29 is 64.2 Å². The van der Waals surface area contributed by atoms with E-state index in [1.807, 2.05) is 60.7 Å². The van der Waals surface area contributed by atoms with Gasteiger partial charge in [0, 0.05) is 77.0 Å². The molecule has 3 aromatic carbocycles. The Morgan fingerprint density at radius 3 is 1.46 bits per heavy atom. The van der Waals surface area contributed by atoms with Gasteiger partial charge in [-0.25, -0.2) is 4.39 Å². The molecule has 13 nitrogen and oxygen atoms in total. The molecule has 2 atom stereocenters. The number of carboxylic acid groups (broad SMARTS) is 1. The molecular formula is C61H68ClF5N4O9. The third-order valence-corrected chi connectivity index (χ3v) is 14.7. The fraction of sp³-hybridized carbons (Fsp3) is 0.475. The first-order valence-corrected chi connectivity index (χ1v) is 27.5. The van der Waals surface area contributed by atoms with Gasteiger partial charge in [0.25, 0.3) is 0 Å².